The van der Waals surface area contributed by atoms with Gasteiger partial charge in [0.15, 0.2) is 6.29 Å². The fourth-order valence-corrected chi connectivity index (χ4v) is 2.21. The first-order chi connectivity index (χ1) is 12.3. The summed E-state index contributed by atoms with van der Waals surface area (Å²) in [5, 5.41) is 7.00. The number of aliphatic hydroxyl groups excluding tert-OH is 1. The molecule has 144 valence electrons. The van der Waals surface area contributed by atoms with Crippen molar-refractivity contribution in [3.63, 3.8) is 0 Å². The number of ether oxygens (including phenoxy) is 3. The number of rotatable bonds is 9. The summed E-state index contributed by atoms with van der Waals surface area (Å²) in [4.78, 5) is 12.4. The zero-order chi connectivity index (χ0) is 18.9. The van der Waals surface area contributed by atoms with E-state index in [1.807, 2.05) is 45.2 Å². The van der Waals surface area contributed by atoms with Crippen molar-refractivity contribution in [3.8, 4) is 5.75 Å². The highest BCUT2D eigenvalue weighted by Crippen LogP contribution is 2.26. The van der Waals surface area contributed by atoms with Crippen molar-refractivity contribution >= 4 is 6.29 Å². The highest BCUT2D eigenvalue weighted by Gasteiger charge is 2.18. The van der Waals surface area contributed by atoms with Crippen LogP contribution in [0.4, 0.5) is 0 Å². The third-order valence-corrected chi connectivity index (χ3v) is 3.33. The molecule has 0 unspecified atom stereocenters. The van der Waals surface area contributed by atoms with E-state index >= 15 is 0 Å². The van der Waals surface area contributed by atoms with Gasteiger partial charge >= 0.3 is 0 Å². The van der Waals surface area contributed by atoms with Gasteiger partial charge in [0.1, 0.15) is 12.0 Å². The molecule has 0 bridgehead atoms. The van der Waals surface area contributed by atoms with Crippen molar-refractivity contribution < 1.29 is 24.1 Å². The molecule has 1 aromatic carbocycles. The maximum absolute atomic E-state index is 10.3. The number of carbonyl (C=O) groups excluding carboxylic acids is 1. The SMILES string of the molecule is CC.CN(CCC=O)CCCOc1cccc(C2OCCO2)c1.CO. The van der Waals surface area contributed by atoms with Crippen LogP contribution in [-0.4, -0.2) is 63.4 Å². The van der Waals surface area contributed by atoms with Crippen molar-refractivity contribution in [2.24, 2.45) is 0 Å². The Morgan fingerprint density at radius 3 is 2.56 bits per heavy atom. The predicted molar refractivity (Wildman–Crippen MR) is 98.9 cm³/mol. The number of benzene rings is 1. The molecule has 0 radical (unpaired) electrons. The Balaban J connectivity index is 0.00000134. The summed E-state index contributed by atoms with van der Waals surface area (Å²) in [7, 11) is 3.01. The molecule has 1 saturated heterocycles. The lowest BCUT2D eigenvalue weighted by Crippen LogP contribution is -2.22. The summed E-state index contributed by atoms with van der Waals surface area (Å²) < 4.78 is 16.7. The van der Waals surface area contributed by atoms with Gasteiger partial charge in [-0.25, -0.2) is 0 Å². The van der Waals surface area contributed by atoms with Gasteiger partial charge in [0.2, 0.25) is 0 Å². The smallest absolute Gasteiger partial charge is 0.184 e. The lowest BCUT2D eigenvalue weighted by Gasteiger charge is -2.15. The number of hydrogen-bond acceptors (Lipinski definition) is 6. The van der Waals surface area contributed by atoms with Crippen LogP contribution in [0.3, 0.4) is 0 Å². The third-order valence-electron chi connectivity index (χ3n) is 3.33. The molecule has 1 aliphatic rings. The van der Waals surface area contributed by atoms with Crippen LogP contribution >= 0.6 is 0 Å². The van der Waals surface area contributed by atoms with Gasteiger partial charge in [0.05, 0.1) is 19.8 Å². The molecule has 1 N–H and O–H groups in total. The van der Waals surface area contributed by atoms with Crippen LogP contribution in [0.5, 0.6) is 5.75 Å². The molecular formula is C19H33NO5. The van der Waals surface area contributed by atoms with Crippen molar-refractivity contribution in [2.45, 2.75) is 33.0 Å². The highest BCUT2D eigenvalue weighted by atomic mass is 16.7. The van der Waals surface area contributed by atoms with Gasteiger partial charge in [0, 0.05) is 32.2 Å². The van der Waals surface area contributed by atoms with Crippen LogP contribution in [0.15, 0.2) is 24.3 Å². The van der Waals surface area contributed by atoms with Crippen LogP contribution in [0.2, 0.25) is 0 Å². The lowest BCUT2D eigenvalue weighted by molar-refractivity contribution is -0.108. The second-order valence-electron chi connectivity index (χ2n) is 5.11. The van der Waals surface area contributed by atoms with Gasteiger partial charge in [-0.15, -0.1) is 0 Å². The van der Waals surface area contributed by atoms with Crippen molar-refractivity contribution in [2.75, 3.05) is 47.1 Å². The van der Waals surface area contributed by atoms with E-state index in [4.69, 9.17) is 19.3 Å². The third kappa shape index (κ3) is 10.2. The Hall–Kier alpha value is -1.47. The van der Waals surface area contributed by atoms with Crippen molar-refractivity contribution in [1.29, 1.82) is 0 Å². The van der Waals surface area contributed by atoms with Gasteiger partial charge < -0.3 is 29.0 Å². The molecule has 6 heteroatoms. The number of aliphatic hydroxyl groups is 1. The lowest BCUT2D eigenvalue weighted by atomic mass is 10.2. The summed E-state index contributed by atoms with van der Waals surface area (Å²) in [5.41, 5.74) is 0.994. The van der Waals surface area contributed by atoms with E-state index in [-0.39, 0.29) is 6.29 Å². The molecule has 0 aromatic heterocycles. The normalized spacial score (nSPS) is 13.5. The van der Waals surface area contributed by atoms with Gasteiger partial charge in [-0.3, -0.25) is 0 Å². The zero-order valence-corrected chi connectivity index (χ0v) is 15.9. The van der Waals surface area contributed by atoms with E-state index in [9.17, 15) is 4.79 Å². The predicted octanol–water partition coefficient (Wildman–Crippen LogP) is 2.66. The second-order valence-corrected chi connectivity index (χ2v) is 5.11. The monoisotopic (exact) mass is 355 g/mol. The number of hydrogen-bond donors (Lipinski definition) is 1. The zero-order valence-electron chi connectivity index (χ0n) is 15.9. The maximum atomic E-state index is 10.3. The van der Waals surface area contributed by atoms with Crippen LogP contribution in [0.1, 0.15) is 38.5 Å². The fourth-order valence-electron chi connectivity index (χ4n) is 2.21. The Bertz CT molecular complexity index is 436. The second kappa shape index (κ2) is 16.0. The van der Waals surface area contributed by atoms with Gasteiger partial charge in [-0.2, -0.15) is 0 Å². The summed E-state index contributed by atoms with van der Waals surface area (Å²) in [5.74, 6) is 0.835. The summed E-state index contributed by atoms with van der Waals surface area (Å²) in [6, 6.07) is 7.84. The topological polar surface area (TPSA) is 68.2 Å². The molecule has 25 heavy (non-hydrogen) atoms. The van der Waals surface area contributed by atoms with E-state index in [1.54, 1.807) is 0 Å². The summed E-state index contributed by atoms with van der Waals surface area (Å²) >= 11 is 0. The van der Waals surface area contributed by atoms with Gasteiger partial charge in [0.25, 0.3) is 0 Å². The molecule has 1 aromatic rings. The largest absolute Gasteiger partial charge is 0.494 e. The van der Waals surface area contributed by atoms with Gasteiger partial charge in [-0.05, 0) is 25.6 Å². The minimum atomic E-state index is -0.261. The van der Waals surface area contributed by atoms with Crippen LogP contribution in [0.25, 0.3) is 0 Å². The molecular weight excluding hydrogens is 322 g/mol. The van der Waals surface area contributed by atoms with Crippen LogP contribution in [0, 0.1) is 0 Å². The fraction of sp³-hybridized carbons (Fsp3) is 0.632. The first-order valence-electron chi connectivity index (χ1n) is 8.82. The molecule has 0 spiro atoms. The number of carbonyl (C=O) groups is 1. The Labute approximate surface area is 151 Å². The standard InChI is InChI=1S/C16H23NO4.C2H6.CH4O/c1-17(7-3-9-18)8-4-10-19-15-6-2-5-14(13-15)16-20-11-12-21-16;2*1-2/h2,5-6,9,13,16H,3-4,7-8,10-12H2,1H3;1-2H3;2H,1H3. The quantitative estimate of drug-likeness (QED) is 0.542. The average molecular weight is 355 g/mol. The molecule has 0 amide bonds. The first-order valence-corrected chi connectivity index (χ1v) is 8.82. The van der Waals surface area contributed by atoms with Gasteiger partial charge in [-0.1, -0.05) is 26.0 Å². The average Bonchev–Trinajstić information content (AvgIpc) is 3.22. The Kier molecular flexibility index (Phi) is 15.1. The number of aldehydes is 1. The van der Waals surface area contributed by atoms with Crippen LogP contribution in [-0.2, 0) is 14.3 Å². The minimum absolute atomic E-state index is 0.261. The molecule has 0 saturated carbocycles. The maximum Gasteiger partial charge on any atom is 0.184 e. The highest BCUT2D eigenvalue weighted by molar-refractivity contribution is 5.49. The van der Waals surface area contributed by atoms with E-state index in [1.165, 1.54) is 0 Å². The molecule has 6 nitrogen and oxygen atoms in total. The molecule has 1 heterocycles. The molecule has 0 atom stereocenters. The Morgan fingerprint density at radius 1 is 1.24 bits per heavy atom. The minimum Gasteiger partial charge on any atom is -0.494 e. The van der Waals surface area contributed by atoms with Crippen molar-refractivity contribution in [3.05, 3.63) is 29.8 Å². The van der Waals surface area contributed by atoms with E-state index in [0.717, 1.165) is 44.2 Å². The van der Waals surface area contributed by atoms with E-state index < -0.39 is 0 Å². The number of nitrogens with zero attached hydrogens (tertiary/aromatic N) is 1. The molecule has 0 aliphatic carbocycles. The van der Waals surface area contributed by atoms with E-state index in [2.05, 4.69) is 4.90 Å². The first kappa shape index (κ1) is 23.5. The molecule has 2 rings (SSSR count). The molecule has 1 aliphatic heterocycles. The Morgan fingerprint density at radius 2 is 1.92 bits per heavy atom. The van der Waals surface area contributed by atoms with Crippen LogP contribution < -0.4 is 4.74 Å². The van der Waals surface area contributed by atoms with E-state index in [0.29, 0.717) is 26.2 Å². The summed E-state index contributed by atoms with van der Waals surface area (Å²) in [6.45, 7) is 7.66. The van der Waals surface area contributed by atoms with Crippen molar-refractivity contribution in [1.82, 2.24) is 4.90 Å². The molecule has 1 fully saturated rings. The summed E-state index contributed by atoms with van der Waals surface area (Å²) in [6.07, 6.45) is 2.20.